The van der Waals surface area contributed by atoms with E-state index in [2.05, 4.69) is 4.98 Å². The maximum Gasteiger partial charge on any atom is 0.416 e. The lowest BCUT2D eigenvalue weighted by atomic mass is 9.93. The van der Waals surface area contributed by atoms with Gasteiger partial charge in [0.15, 0.2) is 0 Å². The zero-order valence-electron chi connectivity index (χ0n) is 17.6. The van der Waals surface area contributed by atoms with Gasteiger partial charge >= 0.3 is 18.3 Å². The fraction of sp³-hybridized carbons (Fsp3) is 0.200. The lowest BCUT2D eigenvalue weighted by Crippen LogP contribution is -2.09. The van der Waals surface area contributed by atoms with Gasteiger partial charge in [0.2, 0.25) is 0 Å². The van der Waals surface area contributed by atoms with E-state index in [1.165, 1.54) is 30.5 Å². The van der Waals surface area contributed by atoms with Gasteiger partial charge in [-0.05, 0) is 47.9 Å². The molecule has 0 amide bonds. The Kier molecular flexibility index (Phi) is 7.44. The van der Waals surface area contributed by atoms with Crippen LogP contribution in [0.2, 0.25) is 0 Å². The highest BCUT2D eigenvalue weighted by molar-refractivity contribution is 5.87. The van der Waals surface area contributed by atoms with Crippen molar-refractivity contribution in [2.24, 2.45) is 0 Å². The molecule has 1 heterocycles. The number of aromatic carboxylic acids is 1. The van der Waals surface area contributed by atoms with Gasteiger partial charge in [-0.2, -0.15) is 26.3 Å². The topological polar surface area (TPSA) is 50.2 Å². The summed E-state index contributed by atoms with van der Waals surface area (Å²) in [6, 6.07) is 13.5. The van der Waals surface area contributed by atoms with E-state index in [1.807, 2.05) is 0 Å². The van der Waals surface area contributed by atoms with Crippen LogP contribution >= 0.6 is 0 Å². The number of hydrogen-bond acceptors (Lipinski definition) is 2. The quantitative estimate of drug-likeness (QED) is 0.355. The van der Waals surface area contributed by atoms with Crippen molar-refractivity contribution in [2.45, 2.75) is 31.1 Å². The monoisotopic (exact) mass is 479 g/mol. The first-order valence-electron chi connectivity index (χ1n) is 10.1. The molecule has 34 heavy (non-hydrogen) atoms. The van der Waals surface area contributed by atoms with Crippen molar-refractivity contribution in [3.05, 3.63) is 95.2 Å². The third-order valence-electron chi connectivity index (χ3n) is 5.14. The highest BCUT2D eigenvalue weighted by Crippen LogP contribution is 2.33. The van der Waals surface area contributed by atoms with Crippen molar-refractivity contribution in [3.8, 4) is 11.3 Å². The molecule has 0 aliphatic rings. The predicted octanol–water partition coefficient (Wildman–Crippen LogP) is 7.61. The number of carbonyl (C=O) groups is 1. The van der Waals surface area contributed by atoms with Gasteiger partial charge in [0.05, 0.1) is 16.8 Å². The summed E-state index contributed by atoms with van der Waals surface area (Å²) in [5, 5.41) is 8.96. The molecule has 0 aliphatic heterocycles. The van der Waals surface area contributed by atoms with E-state index in [4.69, 9.17) is 5.11 Å². The lowest BCUT2D eigenvalue weighted by molar-refractivity contribution is -0.137. The summed E-state index contributed by atoms with van der Waals surface area (Å²) in [5.41, 5.74) is 1.27. The van der Waals surface area contributed by atoms with Crippen LogP contribution in [0.1, 0.15) is 45.8 Å². The molecule has 0 fully saturated rings. The van der Waals surface area contributed by atoms with E-state index < -0.39 is 36.2 Å². The molecule has 1 aromatic heterocycles. The number of aromatic nitrogens is 1. The molecular weight excluding hydrogens is 460 g/mol. The number of nitrogens with zero attached hydrogens (tertiary/aromatic N) is 1. The van der Waals surface area contributed by atoms with E-state index in [1.54, 1.807) is 36.4 Å². The second-order valence-electron chi connectivity index (χ2n) is 7.60. The summed E-state index contributed by atoms with van der Waals surface area (Å²) in [7, 11) is 0. The molecule has 0 radical (unpaired) electrons. The summed E-state index contributed by atoms with van der Waals surface area (Å²) in [6.07, 6.45) is -5.43. The maximum absolute atomic E-state index is 12.8. The van der Waals surface area contributed by atoms with E-state index in [-0.39, 0.29) is 12.0 Å². The second-order valence-corrected chi connectivity index (χ2v) is 7.60. The Bertz CT molecular complexity index is 1130. The molecule has 0 bridgehead atoms. The summed E-state index contributed by atoms with van der Waals surface area (Å²) < 4.78 is 76.8. The Hall–Kier alpha value is -3.62. The van der Waals surface area contributed by atoms with Gasteiger partial charge in [-0.1, -0.05) is 42.5 Å². The number of pyridine rings is 1. The lowest BCUT2D eigenvalue weighted by Gasteiger charge is -2.15. The fourth-order valence-corrected chi connectivity index (χ4v) is 3.28. The Morgan fingerprint density at radius 3 is 2.06 bits per heavy atom. The largest absolute Gasteiger partial charge is 0.478 e. The van der Waals surface area contributed by atoms with Crippen molar-refractivity contribution in [1.82, 2.24) is 4.98 Å². The van der Waals surface area contributed by atoms with Crippen molar-refractivity contribution in [3.63, 3.8) is 0 Å². The Balaban J connectivity index is 1.82. The molecule has 178 valence electrons. The first kappa shape index (κ1) is 25.0. The van der Waals surface area contributed by atoms with Crippen LogP contribution in [0, 0.1) is 0 Å². The normalized spacial score (nSPS) is 13.2. The van der Waals surface area contributed by atoms with Gasteiger partial charge in [0.1, 0.15) is 0 Å². The number of rotatable bonds is 7. The summed E-state index contributed by atoms with van der Waals surface area (Å²) in [5.74, 6) is -1.72. The van der Waals surface area contributed by atoms with Crippen LogP contribution in [-0.2, 0) is 6.18 Å². The predicted molar refractivity (Wildman–Crippen MR) is 115 cm³/mol. The highest BCUT2D eigenvalue weighted by atomic mass is 19.4. The Labute approximate surface area is 191 Å². The summed E-state index contributed by atoms with van der Waals surface area (Å²) in [6.45, 7) is 0. The van der Waals surface area contributed by atoms with Crippen molar-refractivity contribution < 1.29 is 36.2 Å². The standard InChI is InChI=1S/C25H19F6NO2/c26-24(27,28)14-13-17(4-1-16-2-5-19(6-3-16)23(33)34)20-9-12-22(32-15-20)18-7-10-21(11-8-18)25(29,30)31/h1-12,15,17H,13-14H2,(H,33,34). The molecule has 0 saturated carbocycles. The van der Waals surface area contributed by atoms with Crippen LogP contribution < -0.4 is 0 Å². The Morgan fingerprint density at radius 1 is 0.912 bits per heavy atom. The minimum Gasteiger partial charge on any atom is -0.478 e. The fourth-order valence-electron chi connectivity index (χ4n) is 3.28. The van der Waals surface area contributed by atoms with Gasteiger partial charge in [0, 0.05) is 24.1 Å². The van der Waals surface area contributed by atoms with Crippen molar-refractivity contribution in [1.29, 1.82) is 0 Å². The van der Waals surface area contributed by atoms with Gasteiger partial charge in [0.25, 0.3) is 0 Å². The summed E-state index contributed by atoms with van der Waals surface area (Å²) >= 11 is 0. The minimum atomic E-state index is -4.46. The molecule has 1 unspecified atom stereocenters. The van der Waals surface area contributed by atoms with Gasteiger partial charge < -0.3 is 5.11 Å². The van der Waals surface area contributed by atoms with E-state index in [0.29, 0.717) is 22.4 Å². The van der Waals surface area contributed by atoms with Crippen LogP contribution in [0.3, 0.4) is 0 Å². The van der Waals surface area contributed by atoms with Crippen LogP contribution in [0.4, 0.5) is 26.3 Å². The van der Waals surface area contributed by atoms with Crippen LogP contribution in [-0.4, -0.2) is 22.2 Å². The smallest absolute Gasteiger partial charge is 0.416 e. The zero-order valence-corrected chi connectivity index (χ0v) is 17.6. The molecular formula is C25H19F6NO2. The van der Waals surface area contributed by atoms with Gasteiger partial charge in [-0.3, -0.25) is 4.98 Å². The average molecular weight is 479 g/mol. The van der Waals surface area contributed by atoms with Crippen LogP contribution in [0.5, 0.6) is 0 Å². The third kappa shape index (κ3) is 6.94. The average Bonchev–Trinajstić information content (AvgIpc) is 2.78. The number of alkyl halides is 6. The van der Waals surface area contributed by atoms with Gasteiger partial charge in [-0.25, -0.2) is 4.79 Å². The molecule has 0 saturated heterocycles. The SMILES string of the molecule is O=C(O)c1ccc(C=CC(CCC(F)(F)F)c2ccc(-c3ccc(C(F)(F)F)cc3)nc2)cc1. The number of hydrogen-bond donors (Lipinski definition) is 1. The second kappa shape index (κ2) is 10.1. The number of benzene rings is 2. The molecule has 3 nitrogen and oxygen atoms in total. The van der Waals surface area contributed by atoms with Crippen LogP contribution in [0.15, 0.2) is 72.9 Å². The third-order valence-corrected chi connectivity index (χ3v) is 5.14. The molecule has 0 spiro atoms. The van der Waals surface area contributed by atoms with Crippen molar-refractivity contribution >= 4 is 12.0 Å². The first-order valence-corrected chi connectivity index (χ1v) is 10.1. The molecule has 2 aromatic carbocycles. The molecule has 1 atom stereocenters. The van der Waals surface area contributed by atoms with E-state index in [0.717, 1.165) is 12.1 Å². The molecule has 9 heteroatoms. The first-order chi connectivity index (χ1) is 15.9. The maximum atomic E-state index is 12.8. The minimum absolute atomic E-state index is 0.0915. The molecule has 3 rings (SSSR count). The molecule has 3 aromatic rings. The zero-order chi connectivity index (χ0) is 24.9. The Morgan fingerprint density at radius 2 is 1.56 bits per heavy atom. The van der Waals surface area contributed by atoms with E-state index in [9.17, 15) is 31.1 Å². The number of carboxylic acids is 1. The molecule has 1 N–H and O–H groups in total. The molecule has 0 aliphatic carbocycles. The van der Waals surface area contributed by atoms with Crippen molar-refractivity contribution in [2.75, 3.05) is 0 Å². The number of allylic oxidation sites excluding steroid dienone is 1. The van der Waals surface area contributed by atoms with E-state index >= 15 is 0 Å². The number of halogens is 6. The highest BCUT2D eigenvalue weighted by Gasteiger charge is 2.30. The van der Waals surface area contributed by atoms with Crippen LogP contribution in [0.25, 0.3) is 17.3 Å². The summed E-state index contributed by atoms with van der Waals surface area (Å²) in [4.78, 5) is 15.2. The van der Waals surface area contributed by atoms with Gasteiger partial charge in [-0.15, -0.1) is 0 Å². The number of carboxylic acid groups (broad SMARTS) is 1.